The van der Waals surface area contributed by atoms with Gasteiger partial charge in [0, 0.05) is 64.1 Å². The van der Waals surface area contributed by atoms with E-state index in [2.05, 4.69) is 272 Å². The predicted octanol–water partition coefficient (Wildman–Crippen LogP) is 10.8. The van der Waals surface area contributed by atoms with E-state index in [4.69, 9.17) is 5.11 Å². The van der Waals surface area contributed by atoms with E-state index in [9.17, 15) is 9.90 Å². The van der Waals surface area contributed by atoms with E-state index in [-0.39, 0.29) is 34.1 Å². The van der Waals surface area contributed by atoms with Gasteiger partial charge < -0.3 is 10.2 Å². The number of carbonyl (C=O) groups is 1. The smallest absolute Gasteiger partial charge is 0.478 e. The van der Waals surface area contributed by atoms with E-state index < -0.39 is 24.4 Å². The Bertz CT molecular complexity index is 3530. The molecule has 0 atom stereocenters. The number of aromatic nitrogens is 4. The molecule has 0 bridgehead atoms. The fourth-order valence-corrected chi connectivity index (χ4v) is 12.7. The Morgan fingerprint density at radius 1 is 0.284 bits per heavy atom. The molecule has 0 unspecified atom stereocenters. The van der Waals surface area contributed by atoms with Crippen LogP contribution in [-0.2, 0) is 60.3 Å². The van der Waals surface area contributed by atoms with Gasteiger partial charge in [0.2, 0.25) is 0 Å². The molecule has 9 nitrogen and oxygen atoms in total. The van der Waals surface area contributed by atoms with Gasteiger partial charge in [-0.3, -0.25) is 29.7 Å². The van der Waals surface area contributed by atoms with E-state index in [1.54, 1.807) is 55.1 Å². The molecule has 2 N–H and O–H groups in total. The molecule has 0 aliphatic rings. The minimum absolute atomic E-state index is 0. The topological polar surface area (TPSA) is 116 Å². The number of aromatic carboxylic acids is 1. The second-order valence-corrected chi connectivity index (χ2v) is 23.0. The number of carboxylic acid groups (broad SMARTS) is 1. The summed E-state index contributed by atoms with van der Waals surface area (Å²) in [6.07, 6.45) is 4.19. The van der Waals surface area contributed by atoms with Gasteiger partial charge in [-0.1, -0.05) is 285 Å². The van der Waals surface area contributed by atoms with Crippen LogP contribution in [0.2, 0.25) is 0 Å². The average Bonchev–Trinajstić information content (AvgIpc) is 0.757. The molecule has 4 heterocycles. The first-order valence-corrected chi connectivity index (χ1v) is 31.7. The minimum atomic E-state index is -1.22. The summed E-state index contributed by atoms with van der Waals surface area (Å²) in [6, 6.07) is 119. The monoisotopic (exact) mass is 1330 g/mol. The van der Waals surface area contributed by atoms with Crippen LogP contribution >= 0.6 is 0 Å². The van der Waals surface area contributed by atoms with Crippen LogP contribution in [0.5, 0.6) is 0 Å². The van der Waals surface area contributed by atoms with Gasteiger partial charge in [0.05, 0.1) is 34.4 Å². The number of pyridine rings is 4. The second-order valence-electron chi connectivity index (χ2n) is 23.0. The number of aliphatic hydroxyl groups is 1. The van der Waals surface area contributed by atoms with E-state index in [1.807, 2.05) is 72.8 Å². The van der Waals surface area contributed by atoms with Crippen molar-refractivity contribution in [2.45, 2.75) is 32.3 Å². The van der Waals surface area contributed by atoms with E-state index in [0.29, 0.717) is 44.8 Å². The molecular formula is C82H76B2Fe2N6O3+4. The van der Waals surface area contributed by atoms with E-state index in [1.165, 1.54) is 43.7 Å². The first-order chi connectivity index (χ1) is 45.9. The summed E-state index contributed by atoms with van der Waals surface area (Å²) in [5.41, 5.74) is 14.9. The van der Waals surface area contributed by atoms with E-state index >= 15 is 0 Å². The molecule has 0 saturated carbocycles. The van der Waals surface area contributed by atoms with Crippen molar-refractivity contribution in [3.63, 3.8) is 0 Å². The molecule has 0 saturated heterocycles. The van der Waals surface area contributed by atoms with Crippen molar-refractivity contribution in [1.82, 2.24) is 29.7 Å². The molecule has 13 heteroatoms. The molecule has 0 spiro atoms. The van der Waals surface area contributed by atoms with Crippen molar-refractivity contribution in [2.24, 2.45) is 0 Å². The van der Waals surface area contributed by atoms with E-state index in [0.717, 1.165) is 22.8 Å². The Kier molecular flexibility index (Phi) is 28.2. The summed E-state index contributed by atoms with van der Waals surface area (Å²) in [5.74, 6) is -0.879. The Labute approximate surface area is 581 Å². The van der Waals surface area contributed by atoms with Crippen LogP contribution in [0, 0.1) is 0 Å². The summed E-state index contributed by atoms with van der Waals surface area (Å²) in [7, 11) is 0. The summed E-state index contributed by atoms with van der Waals surface area (Å²) in [5, 5.41) is 19.5. The predicted molar refractivity (Wildman–Crippen MR) is 385 cm³/mol. The third-order valence-corrected chi connectivity index (χ3v) is 16.8. The number of rotatable bonds is 21. The first kappa shape index (κ1) is 71.0. The van der Waals surface area contributed by atoms with Crippen LogP contribution < -0.4 is 43.7 Å². The molecule has 0 aliphatic heterocycles. The van der Waals surface area contributed by atoms with Crippen molar-refractivity contribution in [1.29, 1.82) is 0 Å². The van der Waals surface area contributed by atoms with Crippen LogP contribution in [0.4, 0.5) is 0 Å². The normalized spacial score (nSPS) is 10.8. The minimum Gasteiger partial charge on any atom is -0.478 e. The third-order valence-electron chi connectivity index (χ3n) is 16.8. The molecule has 0 fully saturated rings. The molecule has 13 aromatic rings. The number of hydrogen-bond acceptors (Lipinski definition) is 8. The Morgan fingerprint density at radius 3 is 0.621 bits per heavy atom. The number of carboxylic acids is 1. The van der Waals surface area contributed by atoms with Gasteiger partial charge in [0.25, 0.3) is 0 Å². The van der Waals surface area contributed by atoms with Crippen molar-refractivity contribution >= 4 is 62.0 Å². The van der Waals surface area contributed by atoms with Gasteiger partial charge in [-0.25, -0.2) is 4.79 Å². The zero-order valence-electron chi connectivity index (χ0n) is 52.9. The maximum atomic E-state index is 11.1. The zero-order chi connectivity index (χ0) is 64.0. The molecule has 0 amide bonds. The number of aliphatic hydroxyl groups excluding tert-OH is 1. The molecule has 0 aliphatic carbocycles. The zero-order valence-corrected chi connectivity index (χ0v) is 55.1. The number of nitrogens with zero attached hydrogens (tertiary/aromatic N) is 6. The Balaban J connectivity index is 0.000000171. The SMILES string of the molecule is O=C(O)c1ccccc1.OC(CN(Cc1ccccn1)Cc1ccccn1)CN(Cc1ccccn1)Cc1ccccn1.[Fe+3].[Fe+3].c1ccc([B-](c2ccccc2)(c2ccccc2)c2ccccc2)cc1.c1ccc([B-](c2ccccc2)(c2ccccc2)c2ccccc2)cc1. The molecule has 13 rings (SSSR count). The molecule has 95 heavy (non-hydrogen) atoms. The second kappa shape index (κ2) is 37.7. The molecule has 9 aromatic carbocycles. The Morgan fingerprint density at radius 2 is 0.463 bits per heavy atom. The fourth-order valence-electron chi connectivity index (χ4n) is 12.7. The van der Waals surface area contributed by atoms with Gasteiger partial charge in [-0.15, -0.1) is 0 Å². The van der Waals surface area contributed by atoms with Crippen molar-refractivity contribution in [2.75, 3.05) is 13.1 Å². The first-order valence-electron chi connectivity index (χ1n) is 31.7. The molecule has 4 aromatic heterocycles. The quantitative estimate of drug-likeness (QED) is 0.0679. The third kappa shape index (κ3) is 19.6. The van der Waals surface area contributed by atoms with Gasteiger partial charge in [0.15, 0.2) is 0 Å². The van der Waals surface area contributed by atoms with Crippen LogP contribution in [0.15, 0.2) is 371 Å². The maximum absolute atomic E-state index is 11.1. The number of hydrogen-bond donors (Lipinski definition) is 2. The van der Waals surface area contributed by atoms with Gasteiger partial charge in [-0.05, 0) is 60.7 Å². The summed E-state index contributed by atoms with van der Waals surface area (Å²) < 4.78 is 0. The van der Waals surface area contributed by atoms with Gasteiger partial charge in [-0.2, -0.15) is 43.7 Å². The van der Waals surface area contributed by atoms with Crippen molar-refractivity contribution in [3.05, 3.63) is 399 Å². The van der Waals surface area contributed by atoms with Crippen LogP contribution in [0.25, 0.3) is 0 Å². The average molecular weight is 1330 g/mol. The summed E-state index contributed by atoms with van der Waals surface area (Å²) in [4.78, 5) is 32.5. The molecule has 2 radical (unpaired) electrons. The van der Waals surface area contributed by atoms with Crippen LogP contribution in [0.1, 0.15) is 33.1 Å². The standard InChI is InChI=1S/C27H30N6O.2C24H20B.C7H6O2.2Fe/c34-27(21-32(17-23-9-1-5-13-28-23)18-24-10-2-6-14-29-24)22-33(19-25-11-3-7-15-30-25)20-26-12-4-8-16-31-26;2*1-5-13-21(14-6-1)25(22-15-7-2-8-16-22,23-17-9-3-10-18-23)24-19-11-4-12-20-24;8-7(9)6-4-2-1-3-5-6;;/h1-16,27,34H,17-22H2;2*1-20H;1-5H,(H,8,9);;/q;2*-1;;2*+3. The van der Waals surface area contributed by atoms with Crippen LogP contribution in [-0.4, -0.2) is 77.4 Å². The van der Waals surface area contributed by atoms with Crippen molar-refractivity contribution in [3.8, 4) is 0 Å². The van der Waals surface area contributed by atoms with Crippen molar-refractivity contribution < 1.29 is 49.1 Å². The molecule has 470 valence electrons. The largest absolute Gasteiger partial charge is 3.00 e. The Hall–Kier alpha value is -9.90. The summed E-state index contributed by atoms with van der Waals surface area (Å²) >= 11 is 0. The van der Waals surface area contributed by atoms with Crippen LogP contribution in [0.3, 0.4) is 0 Å². The summed E-state index contributed by atoms with van der Waals surface area (Å²) in [6.45, 7) is 3.52. The van der Waals surface area contributed by atoms with Gasteiger partial charge in [0.1, 0.15) is 12.3 Å². The molecular weight excluding hydrogens is 1250 g/mol. The van der Waals surface area contributed by atoms with Gasteiger partial charge >= 0.3 is 40.1 Å². The fraction of sp³-hybridized carbons (Fsp3) is 0.0854. The number of benzene rings is 9. The maximum Gasteiger partial charge on any atom is 3.00 e.